The maximum atomic E-state index is 10.8. The Morgan fingerprint density at radius 1 is 1.62 bits per heavy atom. The molecule has 1 amide bonds. The summed E-state index contributed by atoms with van der Waals surface area (Å²) in [6.07, 6.45) is 0. The molecule has 0 aliphatic heterocycles. The van der Waals surface area contributed by atoms with Crippen LogP contribution >= 0.6 is 0 Å². The van der Waals surface area contributed by atoms with E-state index < -0.39 is 5.91 Å². The van der Waals surface area contributed by atoms with Crippen molar-refractivity contribution in [1.82, 2.24) is 0 Å². The Labute approximate surface area is 75.9 Å². The summed E-state index contributed by atoms with van der Waals surface area (Å²) in [6, 6.07) is 4.67. The fourth-order valence-corrected chi connectivity index (χ4v) is 1.03. The zero-order chi connectivity index (χ0) is 9.84. The number of aliphatic hydroxyl groups is 1. The Hall–Kier alpha value is -1.55. The smallest absolute Gasteiger partial charge is 0.248 e. The number of hydrogen-bond acceptors (Lipinski definition) is 3. The lowest BCUT2D eigenvalue weighted by Crippen LogP contribution is -2.11. The molecule has 0 bridgehead atoms. The fraction of sp³-hybridized carbons (Fsp3) is 0.222. The van der Waals surface area contributed by atoms with Gasteiger partial charge in [0.05, 0.1) is 13.7 Å². The summed E-state index contributed by atoms with van der Waals surface area (Å²) >= 11 is 0. The first-order valence-corrected chi connectivity index (χ1v) is 3.76. The highest BCUT2D eigenvalue weighted by Crippen LogP contribution is 2.19. The van der Waals surface area contributed by atoms with Crippen LogP contribution in [0, 0.1) is 0 Å². The molecule has 1 rings (SSSR count). The SMILES string of the molecule is COc1cc(C(N)=O)ccc1CO. The highest BCUT2D eigenvalue weighted by atomic mass is 16.5. The molecule has 0 heterocycles. The fourth-order valence-electron chi connectivity index (χ4n) is 1.03. The Balaban J connectivity index is 3.13. The number of carbonyl (C=O) groups is 1. The second kappa shape index (κ2) is 3.91. The van der Waals surface area contributed by atoms with Gasteiger partial charge in [0, 0.05) is 11.1 Å². The first kappa shape index (κ1) is 9.54. The van der Waals surface area contributed by atoms with Gasteiger partial charge in [-0.25, -0.2) is 0 Å². The average Bonchev–Trinajstić information content (AvgIpc) is 2.16. The molecular weight excluding hydrogens is 170 g/mol. The van der Waals surface area contributed by atoms with E-state index in [2.05, 4.69) is 0 Å². The van der Waals surface area contributed by atoms with Gasteiger partial charge in [-0.3, -0.25) is 4.79 Å². The van der Waals surface area contributed by atoms with E-state index in [4.69, 9.17) is 15.6 Å². The summed E-state index contributed by atoms with van der Waals surface area (Å²) in [5, 5.41) is 8.88. The molecule has 0 saturated heterocycles. The standard InChI is InChI=1S/C9H11NO3/c1-13-8-4-6(9(10)12)2-3-7(8)5-11/h2-4,11H,5H2,1H3,(H2,10,12). The number of ether oxygens (including phenoxy) is 1. The summed E-state index contributed by atoms with van der Waals surface area (Å²) in [4.78, 5) is 10.8. The molecule has 0 aliphatic rings. The number of benzene rings is 1. The first-order chi connectivity index (χ1) is 6.19. The third-order valence-corrected chi connectivity index (χ3v) is 1.74. The minimum Gasteiger partial charge on any atom is -0.496 e. The van der Waals surface area contributed by atoms with Crippen molar-refractivity contribution in [3.63, 3.8) is 0 Å². The normalized spacial score (nSPS) is 9.69. The van der Waals surface area contributed by atoms with Crippen molar-refractivity contribution in [2.45, 2.75) is 6.61 Å². The molecule has 4 heteroatoms. The van der Waals surface area contributed by atoms with Gasteiger partial charge in [-0.15, -0.1) is 0 Å². The summed E-state index contributed by atoms with van der Waals surface area (Å²) in [5.74, 6) is -0.0402. The number of amides is 1. The quantitative estimate of drug-likeness (QED) is 0.703. The number of nitrogens with two attached hydrogens (primary N) is 1. The van der Waals surface area contributed by atoms with Crippen LogP contribution in [0.15, 0.2) is 18.2 Å². The molecule has 3 N–H and O–H groups in total. The van der Waals surface area contributed by atoms with Crippen molar-refractivity contribution in [3.05, 3.63) is 29.3 Å². The highest BCUT2D eigenvalue weighted by Gasteiger charge is 2.06. The summed E-state index contributed by atoms with van der Waals surface area (Å²) in [7, 11) is 1.47. The lowest BCUT2D eigenvalue weighted by molar-refractivity contribution is 0.1000. The van der Waals surface area contributed by atoms with Gasteiger partial charge in [0.1, 0.15) is 5.75 Å². The largest absolute Gasteiger partial charge is 0.496 e. The number of primary amides is 1. The maximum absolute atomic E-state index is 10.8. The second-order valence-electron chi connectivity index (χ2n) is 2.55. The van der Waals surface area contributed by atoms with Crippen LogP contribution in [0.5, 0.6) is 5.75 Å². The van der Waals surface area contributed by atoms with Crippen LogP contribution in [-0.2, 0) is 6.61 Å². The molecule has 0 atom stereocenters. The van der Waals surface area contributed by atoms with Gasteiger partial charge in [-0.2, -0.15) is 0 Å². The molecule has 0 aliphatic carbocycles. The van der Waals surface area contributed by atoms with Crippen LogP contribution in [0.4, 0.5) is 0 Å². The van der Waals surface area contributed by atoms with Crippen LogP contribution in [0.1, 0.15) is 15.9 Å². The lowest BCUT2D eigenvalue weighted by atomic mass is 10.1. The summed E-state index contributed by atoms with van der Waals surface area (Å²) < 4.78 is 4.96. The molecule has 4 nitrogen and oxygen atoms in total. The Kier molecular flexibility index (Phi) is 2.87. The van der Waals surface area contributed by atoms with Gasteiger partial charge in [0.25, 0.3) is 0 Å². The van der Waals surface area contributed by atoms with Gasteiger partial charge in [0.2, 0.25) is 5.91 Å². The zero-order valence-corrected chi connectivity index (χ0v) is 7.28. The van der Waals surface area contributed by atoms with Crippen molar-refractivity contribution >= 4 is 5.91 Å². The zero-order valence-electron chi connectivity index (χ0n) is 7.28. The van der Waals surface area contributed by atoms with Gasteiger partial charge >= 0.3 is 0 Å². The number of carbonyl (C=O) groups excluding carboxylic acids is 1. The van der Waals surface area contributed by atoms with Gasteiger partial charge in [-0.05, 0) is 12.1 Å². The van der Waals surface area contributed by atoms with E-state index in [9.17, 15) is 4.79 Å². The third kappa shape index (κ3) is 1.97. The van der Waals surface area contributed by atoms with Crippen molar-refractivity contribution in [3.8, 4) is 5.75 Å². The predicted molar refractivity (Wildman–Crippen MR) is 47.4 cm³/mol. The molecule has 0 spiro atoms. The molecule has 70 valence electrons. The molecule has 0 radical (unpaired) electrons. The van der Waals surface area contributed by atoms with Crippen molar-refractivity contribution in [1.29, 1.82) is 0 Å². The Bertz CT molecular complexity index is 323. The van der Waals surface area contributed by atoms with Gasteiger partial charge < -0.3 is 15.6 Å². The third-order valence-electron chi connectivity index (χ3n) is 1.74. The van der Waals surface area contributed by atoms with Crippen molar-refractivity contribution in [2.75, 3.05) is 7.11 Å². The molecule has 0 saturated carbocycles. The molecule has 0 unspecified atom stereocenters. The van der Waals surface area contributed by atoms with E-state index in [1.54, 1.807) is 12.1 Å². The molecule has 0 fully saturated rings. The van der Waals surface area contributed by atoms with E-state index in [-0.39, 0.29) is 6.61 Å². The predicted octanol–water partition coefficient (Wildman–Crippen LogP) is 0.286. The number of methoxy groups -OCH3 is 1. The molecule has 1 aromatic carbocycles. The van der Waals surface area contributed by atoms with Gasteiger partial charge in [-0.1, -0.05) is 6.07 Å². The Morgan fingerprint density at radius 3 is 2.77 bits per heavy atom. The van der Waals surface area contributed by atoms with E-state index in [0.29, 0.717) is 16.9 Å². The van der Waals surface area contributed by atoms with Gasteiger partial charge in [0.15, 0.2) is 0 Å². The van der Waals surface area contributed by atoms with E-state index in [1.807, 2.05) is 0 Å². The van der Waals surface area contributed by atoms with Crippen LogP contribution in [-0.4, -0.2) is 18.1 Å². The lowest BCUT2D eigenvalue weighted by Gasteiger charge is -2.06. The maximum Gasteiger partial charge on any atom is 0.248 e. The van der Waals surface area contributed by atoms with E-state index in [0.717, 1.165) is 0 Å². The van der Waals surface area contributed by atoms with Crippen LogP contribution in [0.25, 0.3) is 0 Å². The molecular formula is C9H11NO3. The summed E-state index contributed by atoms with van der Waals surface area (Å²) in [6.45, 7) is -0.123. The van der Waals surface area contributed by atoms with E-state index in [1.165, 1.54) is 13.2 Å². The minimum atomic E-state index is -0.511. The molecule has 0 aromatic heterocycles. The van der Waals surface area contributed by atoms with Crippen LogP contribution < -0.4 is 10.5 Å². The summed E-state index contributed by atoms with van der Waals surface area (Å²) in [5.41, 5.74) is 6.07. The van der Waals surface area contributed by atoms with Crippen LogP contribution in [0.2, 0.25) is 0 Å². The number of hydrogen-bond donors (Lipinski definition) is 2. The Morgan fingerprint density at radius 2 is 2.31 bits per heavy atom. The minimum absolute atomic E-state index is 0.123. The van der Waals surface area contributed by atoms with Crippen LogP contribution in [0.3, 0.4) is 0 Å². The first-order valence-electron chi connectivity index (χ1n) is 3.76. The number of aliphatic hydroxyl groups excluding tert-OH is 1. The molecule has 13 heavy (non-hydrogen) atoms. The topological polar surface area (TPSA) is 72.5 Å². The van der Waals surface area contributed by atoms with Crippen molar-refractivity contribution < 1.29 is 14.6 Å². The monoisotopic (exact) mass is 181 g/mol. The van der Waals surface area contributed by atoms with Crippen molar-refractivity contribution in [2.24, 2.45) is 5.73 Å². The second-order valence-corrected chi connectivity index (χ2v) is 2.55. The molecule has 1 aromatic rings. The highest BCUT2D eigenvalue weighted by molar-refractivity contribution is 5.93. The average molecular weight is 181 g/mol. The number of rotatable bonds is 3. The van der Waals surface area contributed by atoms with E-state index >= 15 is 0 Å².